The smallest absolute Gasteiger partial charge is 0.287 e. The molecule has 2 aromatic rings. The third-order valence-corrected chi connectivity index (χ3v) is 2.34. The fourth-order valence-electron chi connectivity index (χ4n) is 1.70. The van der Waals surface area contributed by atoms with E-state index in [1.54, 1.807) is 24.3 Å². The Morgan fingerprint density at radius 1 is 1.00 bits per heavy atom. The van der Waals surface area contributed by atoms with E-state index in [1.807, 2.05) is 0 Å². The first-order valence-electron chi connectivity index (χ1n) is 4.38. The van der Waals surface area contributed by atoms with Gasteiger partial charge in [0.25, 0.3) is 0 Å². The van der Waals surface area contributed by atoms with E-state index >= 15 is 0 Å². The van der Waals surface area contributed by atoms with Crippen LogP contribution < -0.4 is 5.69 Å². The molecule has 1 aliphatic carbocycles. The summed E-state index contributed by atoms with van der Waals surface area (Å²) in [4.78, 5) is 26.5. The highest BCUT2D eigenvalue weighted by Crippen LogP contribution is 2.31. The third-order valence-electron chi connectivity index (χ3n) is 2.34. The van der Waals surface area contributed by atoms with Crippen LogP contribution in [0.15, 0.2) is 29.1 Å². The van der Waals surface area contributed by atoms with Crippen molar-refractivity contribution in [1.82, 2.24) is 15.2 Å². The topological polar surface area (TPSA) is 75.7 Å². The quantitative estimate of drug-likeness (QED) is 0.567. The summed E-state index contributed by atoms with van der Waals surface area (Å²) in [6.07, 6.45) is 0. The number of rotatable bonds is 0. The van der Waals surface area contributed by atoms with Gasteiger partial charge in [0.15, 0.2) is 5.69 Å². The van der Waals surface area contributed by atoms with Crippen LogP contribution in [0.2, 0.25) is 0 Å². The summed E-state index contributed by atoms with van der Waals surface area (Å²) in [5.74, 6) is -0.190. The minimum absolute atomic E-state index is 0.190. The molecule has 0 amide bonds. The van der Waals surface area contributed by atoms with E-state index in [0.717, 1.165) is 0 Å². The second kappa shape index (κ2) is 2.60. The fraction of sp³-hybridized carbons (Fsp3) is 0. The molecular weight excluding hydrogens is 194 g/mol. The van der Waals surface area contributed by atoms with Crippen LogP contribution in [0.1, 0.15) is 16.1 Å². The van der Waals surface area contributed by atoms with Gasteiger partial charge in [-0.2, -0.15) is 10.1 Å². The first-order valence-corrected chi connectivity index (χ1v) is 4.38. The number of ketones is 1. The lowest BCUT2D eigenvalue weighted by atomic mass is 10.1. The molecule has 1 aromatic carbocycles. The fourth-order valence-corrected chi connectivity index (χ4v) is 1.70. The van der Waals surface area contributed by atoms with Gasteiger partial charge in [0.2, 0.25) is 5.78 Å². The summed E-state index contributed by atoms with van der Waals surface area (Å²) in [7, 11) is 0. The zero-order chi connectivity index (χ0) is 10.4. The Labute approximate surface area is 83.8 Å². The first-order chi connectivity index (χ1) is 7.27. The van der Waals surface area contributed by atoms with E-state index in [9.17, 15) is 9.59 Å². The zero-order valence-electron chi connectivity index (χ0n) is 7.52. The van der Waals surface area contributed by atoms with E-state index in [-0.39, 0.29) is 11.5 Å². The normalized spacial score (nSPS) is 12.4. The van der Waals surface area contributed by atoms with Crippen molar-refractivity contribution in [2.45, 2.75) is 0 Å². The van der Waals surface area contributed by atoms with Crippen LogP contribution in [0.4, 0.5) is 0 Å². The Morgan fingerprint density at radius 3 is 2.53 bits per heavy atom. The average molecular weight is 199 g/mol. The minimum atomic E-state index is -0.543. The number of carbonyl (C=O) groups is 1. The van der Waals surface area contributed by atoms with E-state index in [1.165, 1.54) is 0 Å². The summed E-state index contributed by atoms with van der Waals surface area (Å²) in [6.45, 7) is 0. The van der Waals surface area contributed by atoms with Crippen molar-refractivity contribution in [1.29, 1.82) is 0 Å². The van der Waals surface area contributed by atoms with E-state index in [0.29, 0.717) is 16.8 Å². The molecule has 1 heterocycles. The SMILES string of the molecule is O=C1c2ccccc2-c2nc(=O)[nH]nc21. The molecule has 0 spiro atoms. The molecule has 1 N–H and O–H groups in total. The number of nitrogens with zero attached hydrogens (tertiary/aromatic N) is 2. The van der Waals surface area contributed by atoms with Crippen LogP contribution in [0.5, 0.6) is 0 Å². The van der Waals surface area contributed by atoms with Gasteiger partial charge in [0, 0.05) is 11.1 Å². The Bertz CT molecular complexity index is 631. The van der Waals surface area contributed by atoms with Crippen LogP contribution in [-0.4, -0.2) is 21.0 Å². The molecule has 3 rings (SSSR count). The van der Waals surface area contributed by atoms with Gasteiger partial charge in [-0.3, -0.25) is 4.79 Å². The van der Waals surface area contributed by atoms with Gasteiger partial charge in [-0.25, -0.2) is 9.89 Å². The van der Waals surface area contributed by atoms with Crippen molar-refractivity contribution in [3.8, 4) is 11.3 Å². The van der Waals surface area contributed by atoms with Gasteiger partial charge in [0.05, 0.1) is 0 Å². The second-order valence-corrected chi connectivity index (χ2v) is 3.21. The lowest BCUT2D eigenvalue weighted by molar-refractivity contribution is 0.103. The number of aromatic nitrogens is 3. The molecule has 0 fully saturated rings. The molecule has 0 saturated carbocycles. The monoisotopic (exact) mass is 199 g/mol. The highest BCUT2D eigenvalue weighted by molar-refractivity contribution is 6.19. The zero-order valence-corrected chi connectivity index (χ0v) is 7.52. The Hall–Kier alpha value is -2.30. The molecule has 0 bridgehead atoms. The maximum atomic E-state index is 11.8. The highest BCUT2D eigenvalue weighted by Gasteiger charge is 2.29. The molecule has 72 valence electrons. The first kappa shape index (κ1) is 8.05. The molecule has 0 radical (unpaired) electrons. The number of carbonyl (C=O) groups excluding carboxylic acids is 1. The minimum Gasteiger partial charge on any atom is -0.287 e. The molecule has 0 unspecified atom stereocenters. The van der Waals surface area contributed by atoms with Crippen LogP contribution in [0, 0.1) is 0 Å². The van der Waals surface area contributed by atoms with Crippen molar-refractivity contribution >= 4 is 5.78 Å². The van der Waals surface area contributed by atoms with Gasteiger partial charge in [0.1, 0.15) is 5.69 Å². The standard InChI is InChI=1S/C10H5N3O2/c14-9-6-4-2-1-3-5(6)7-8(9)12-13-10(15)11-7/h1-4H,(H,11,13,15). The van der Waals surface area contributed by atoms with Crippen molar-refractivity contribution in [3.05, 3.63) is 46.0 Å². The summed E-state index contributed by atoms with van der Waals surface area (Å²) in [6, 6.07) is 7.02. The molecular formula is C10H5N3O2. The van der Waals surface area contributed by atoms with Crippen molar-refractivity contribution in [2.24, 2.45) is 0 Å². The molecule has 5 heteroatoms. The van der Waals surface area contributed by atoms with Crippen molar-refractivity contribution in [3.63, 3.8) is 0 Å². The molecule has 5 nitrogen and oxygen atoms in total. The number of fused-ring (bicyclic) bond motifs is 3. The van der Waals surface area contributed by atoms with Gasteiger partial charge in [-0.15, -0.1) is 0 Å². The Balaban J connectivity index is 2.44. The van der Waals surface area contributed by atoms with Crippen molar-refractivity contribution in [2.75, 3.05) is 0 Å². The number of aromatic amines is 1. The number of benzene rings is 1. The molecule has 0 aliphatic heterocycles. The molecule has 1 aliphatic rings. The predicted molar refractivity (Wildman–Crippen MR) is 51.5 cm³/mol. The van der Waals surface area contributed by atoms with E-state index in [4.69, 9.17) is 0 Å². The number of hydrogen-bond donors (Lipinski definition) is 1. The van der Waals surface area contributed by atoms with Gasteiger partial charge < -0.3 is 0 Å². The Morgan fingerprint density at radius 2 is 1.73 bits per heavy atom. The average Bonchev–Trinajstić information content (AvgIpc) is 2.54. The molecule has 0 atom stereocenters. The molecule has 1 aromatic heterocycles. The third kappa shape index (κ3) is 0.969. The lowest BCUT2D eigenvalue weighted by Gasteiger charge is -1.94. The van der Waals surface area contributed by atoms with Crippen LogP contribution in [0.25, 0.3) is 11.3 Å². The van der Waals surface area contributed by atoms with E-state index < -0.39 is 5.69 Å². The number of hydrogen-bond acceptors (Lipinski definition) is 4. The van der Waals surface area contributed by atoms with Crippen LogP contribution >= 0.6 is 0 Å². The van der Waals surface area contributed by atoms with Gasteiger partial charge >= 0.3 is 5.69 Å². The maximum absolute atomic E-state index is 11.8. The van der Waals surface area contributed by atoms with Crippen molar-refractivity contribution < 1.29 is 4.79 Å². The summed E-state index contributed by atoms with van der Waals surface area (Å²) in [5.41, 5.74) is 1.27. The predicted octanol–water partition coefficient (Wildman–Crippen LogP) is 0.376. The lowest BCUT2D eigenvalue weighted by Crippen LogP contribution is -2.15. The summed E-state index contributed by atoms with van der Waals surface area (Å²) < 4.78 is 0. The van der Waals surface area contributed by atoms with Gasteiger partial charge in [-0.1, -0.05) is 24.3 Å². The van der Waals surface area contributed by atoms with Crippen LogP contribution in [-0.2, 0) is 0 Å². The van der Waals surface area contributed by atoms with Crippen LogP contribution in [0.3, 0.4) is 0 Å². The summed E-state index contributed by atoms with van der Waals surface area (Å²) in [5, 5.41) is 5.86. The maximum Gasteiger partial charge on any atom is 0.361 e. The Kier molecular flexibility index (Phi) is 1.39. The van der Waals surface area contributed by atoms with E-state index in [2.05, 4.69) is 15.2 Å². The molecule has 15 heavy (non-hydrogen) atoms. The molecule has 0 saturated heterocycles. The van der Waals surface area contributed by atoms with Gasteiger partial charge in [-0.05, 0) is 0 Å². The summed E-state index contributed by atoms with van der Waals surface area (Å²) >= 11 is 0. The highest BCUT2D eigenvalue weighted by atomic mass is 16.1. The largest absolute Gasteiger partial charge is 0.361 e. The second-order valence-electron chi connectivity index (χ2n) is 3.21. The number of H-pyrrole nitrogens is 1. The number of nitrogens with one attached hydrogen (secondary N) is 1.